The van der Waals surface area contributed by atoms with E-state index in [-0.39, 0.29) is 5.54 Å². The molecule has 1 aromatic carbocycles. The quantitative estimate of drug-likeness (QED) is 0.856. The summed E-state index contributed by atoms with van der Waals surface area (Å²) in [7, 11) is 2.09. The van der Waals surface area contributed by atoms with Crippen LogP contribution in [0.5, 0.6) is 0 Å². The predicted molar refractivity (Wildman–Crippen MR) is 101 cm³/mol. The van der Waals surface area contributed by atoms with Gasteiger partial charge in [-0.25, -0.2) is 0 Å². The van der Waals surface area contributed by atoms with Crippen molar-refractivity contribution >= 4 is 16.8 Å². The van der Waals surface area contributed by atoms with Crippen LogP contribution in [0, 0.1) is 0 Å². The molecule has 1 amide bonds. The molecule has 0 saturated carbocycles. The molecular formula is C21H29N3O. The van der Waals surface area contributed by atoms with Gasteiger partial charge in [-0.05, 0) is 69.2 Å². The van der Waals surface area contributed by atoms with Gasteiger partial charge in [0.05, 0.1) is 0 Å². The summed E-state index contributed by atoms with van der Waals surface area (Å²) in [5.74, 6) is 0.367. The highest BCUT2D eigenvalue weighted by atomic mass is 16.2. The van der Waals surface area contributed by atoms with Crippen LogP contribution in [0.1, 0.15) is 45.1 Å². The Morgan fingerprint density at radius 2 is 1.88 bits per heavy atom. The lowest BCUT2D eigenvalue weighted by molar-refractivity contribution is -0.149. The van der Waals surface area contributed by atoms with Crippen molar-refractivity contribution < 1.29 is 4.79 Å². The fraction of sp³-hybridized carbons (Fsp3) is 0.571. The fourth-order valence-corrected chi connectivity index (χ4v) is 4.83. The van der Waals surface area contributed by atoms with E-state index in [1.165, 1.54) is 16.5 Å². The standard InChI is InChI=1S/C21H29N3O/c1-16(2)24-12-5-10-21(20(24)25)9-4-11-23(21)15-17-6-7-18-8-13-22(3)19(18)14-17/h6-8,13-14,16H,4-5,9-12,15H2,1-3H3. The number of likely N-dealkylation sites (tertiary alicyclic amines) is 2. The van der Waals surface area contributed by atoms with Crippen LogP contribution >= 0.6 is 0 Å². The van der Waals surface area contributed by atoms with E-state index in [4.69, 9.17) is 0 Å². The van der Waals surface area contributed by atoms with E-state index in [0.717, 1.165) is 45.3 Å². The molecule has 0 N–H and O–H groups in total. The first kappa shape index (κ1) is 16.6. The van der Waals surface area contributed by atoms with Crippen LogP contribution < -0.4 is 0 Å². The Hall–Kier alpha value is -1.81. The number of benzene rings is 1. The SMILES string of the molecule is CC(C)N1CCCC2(CCCN2Cc2ccc3ccn(C)c3c2)C1=O. The second-order valence-electron chi connectivity index (χ2n) is 8.07. The molecule has 2 saturated heterocycles. The smallest absolute Gasteiger partial charge is 0.243 e. The third-order valence-electron chi connectivity index (χ3n) is 6.22. The van der Waals surface area contributed by atoms with Crippen molar-refractivity contribution in [3.8, 4) is 0 Å². The fourth-order valence-electron chi connectivity index (χ4n) is 4.83. The van der Waals surface area contributed by atoms with E-state index in [2.05, 4.69) is 65.7 Å². The van der Waals surface area contributed by atoms with E-state index >= 15 is 0 Å². The van der Waals surface area contributed by atoms with Crippen molar-refractivity contribution in [2.45, 2.75) is 57.7 Å². The zero-order valence-corrected chi connectivity index (χ0v) is 15.7. The Balaban J connectivity index is 1.62. The van der Waals surface area contributed by atoms with Crippen molar-refractivity contribution in [3.63, 3.8) is 0 Å². The van der Waals surface area contributed by atoms with Gasteiger partial charge in [-0.2, -0.15) is 0 Å². The second kappa shape index (κ2) is 6.17. The molecule has 2 aromatic rings. The van der Waals surface area contributed by atoms with E-state index in [0.29, 0.717) is 11.9 Å². The molecule has 1 unspecified atom stereocenters. The summed E-state index contributed by atoms with van der Waals surface area (Å²) >= 11 is 0. The number of hydrogen-bond donors (Lipinski definition) is 0. The highest BCUT2D eigenvalue weighted by Crippen LogP contribution is 2.39. The maximum atomic E-state index is 13.3. The number of carbonyl (C=O) groups is 1. The van der Waals surface area contributed by atoms with E-state index in [1.807, 2.05) is 0 Å². The van der Waals surface area contributed by atoms with Crippen LogP contribution in [0.2, 0.25) is 0 Å². The van der Waals surface area contributed by atoms with Crippen LogP contribution in [-0.2, 0) is 18.4 Å². The van der Waals surface area contributed by atoms with Gasteiger partial charge in [0.2, 0.25) is 5.91 Å². The minimum absolute atomic E-state index is 0.258. The van der Waals surface area contributed by atoms with Crippen LogP contribution in [-0.4, -0.2) is 44.9 Å². The van der Waals surface area contributed by atoms with Gasteiger partial charge in [0.1, 0.15) is 5.54 Å². The van der Waals surface area contributed by atoms with Gasteiger partial charge < -0.3 is 9.47 Å². The Morgan fingerprint density at radius 3 is 2.64 bits per heavy atom. The zero-order chi connectivity index (χ0) is 17.6. The summed E-state index contributed by atoms with van der Waals surface area (Å²) in [4.78, 5) is 17.9. The Morgan fingerprint density at radius 1 is 1.12 bits per heavy atom. The number of aryl methyl sites for hydroxylation is 1. The average Bonchev–Trinajstić information content (AvgIpc) is 3.15. The summed E-state index contributed by atoms with van der Waals surface area (Å²) in [5, 5.41) is 1.28. The van der Waals surface area contributed by atoms with Crippen molar-refractivity contribution in [1.82, 2.24) is 14.4 Å². The first-order valence-corrected chi connectivity index (χ1v) is 9.61. The van der Waals surface area contributed by atoms with Crippen LogP contribution in [0.3, 0.4) is 0 Å². The highest BCUT2D eigenvalue weighted by Gasteiger charge is 2.50. The molecule has 4 heteroatoms. The molecule has 0 bridgehead atoms. The summed E-state index contributed by atoms with van der Waals surface area (Å²) in [6, 6.07) is 9.17. The minimum atomic E-state index is -0.258. The van der Waals surface area contributed by atoms with Crippen LogP contribution in [0.15, 0.2) is 30.5 Å². The van der Waals surface area contributed by atoms with Crippen LogP contribution in [0.25, 0.3) is 10.9 Å². The predicted octanol–water partition coefficient (Wildman–Crippen LogP) is 3.54. The second-order valence-corrected chi connectivity index (χ2v) is 8.07. The first-order chi connectivity index (χ1) is 12.0. The number of hydrogen-bond acceptors (Lipinski definition) is 2. The van der Waals surface area contributed by atoms with Crippen molar-refractivity contribution in [1.29, 1.82) is 0 Å². The number of aromatic nitrogens is 1. The van der Waals surface area contributed by atoms with E-state index < -0.39 is 0 Å². The van der Waals surface area contributed by atoms with Crippen LogP contribution in [0.4, 0.5) is 0 Å². The highest BCUT2D eigenvalue weighted by molar-refractivity contribution is 5.88. The lowest BCUT2D eigenvalue weighted by atomic mass is 9.84. The lowest BCUT2D eigenvalue weighted by Gasteiger charge is -2.46. The normalized spacial score (nSPS) is 25.0. The topological polar surface area (TPSA) is 28.5 Å². The molecule has 2 fully saturated rings. The van der Waals surface area contributed by atoms with E-state index in [9.17, 15) is 4.79 Å². The molecule has 134 valence electrons. The molecule has 4 rings (SSSR count). The largest absolute Gasteiger partial charge is 0.351 e. The van der Waals surface area contributed by atoms with Gasteiger partial charge in [0.15, 0.2) is 0 Å². The zero-order valence-electron chi connectivity index (χ0n) is 15.7. The first-order valence-electron chi connectivity index (χ1n) is 9.61. The minimum Gasteiger partial charge on any atom is -0.351 e. The Labute approximate surface area is 150 Å². The maximum Gasteiger partial charge on any atom is 0.243 e. The molecule has 1 atom stereocenters. The molecule has 4 nitrogen and oxygen atoms in total. The number of fused-ring (bicyclic) bond motifs is 1. The van der Waals surface area contributed by atoms with Crippen molar-refractivity contribution in [3.05, 3.63) is 36.0 Å². The van der Waals surface area contributed by atoms with Gasteiger partial charge in [-0.1, -0.05) is 12.1 Å². The third kappa shape index (κ3) is 2.67. The molecule has 3 heterocycles. The molecule has 2 aliphatic heterocycles. The van der Waals surface area contributed by atoms with Gasteiger partial charge in [0.25, 0.3) is 0 Å². The Bertz CT molecular complexity index is 794. The molecule has 0 radical (unpaired) electrons. The number of rotatable bonds is 3. The van der Waals surface area contributed by atoms with Gasteiger partial charge in [-0.3, -0.25) is 9.69 Å². The van der Waals surface area contributed by atoms with Gasteiger partial charge >= 0.3 is 0 Å². The Kier molecular flexibility index (Phi) is 4.11. The average molecular weight is 339 g/mol. The van der Waals surface area contributed by atoms with Gasteiger partial charge in [-0.15, -0.1) is 0 Å². The van der Waals surface area contributed by atoms with E-state index in [1.54, 1.807) is 0 Å². The lowest BCUT2D eigenvalue weighted by Crippen LogP contribution is -2.61. The maximum absolute atomic E-state index is 13.3. The number of amides is 1. The summed E-state index contributed by atoms with van der Waals surface area (Å²) < 4.78 is 2.17. The summed E-state index contributed by atoms with van der Waals surface area (Å²) in [6.45, 7) is 7.10. The molecule has 1 spiro atoms. The van der Waals surface area contributed by atoms with Gasteiger partial charge in [0, 0.05) is 37.9 Å². The molecule has 0 aliphatic carbocycles. The summed E-state index contributed by atoms with van der Waals surface area (Å²) in [5.41, 5.74) is 2.32. The monoisotopic (exact) mass is 339 g/mol. The van der Waals surface area contributed by atoms with Crippen molar-refractivity contribution in [2.75, 3.05) is 13.1 Å². The van der Waals surface area contributed by atoms with Crippen molar-refractivity contribution in [2.24, 2.45) is 7.05 Å². The summed E-state index contributed by atoms with van der Waals surface area (Å²) in [6.07, 6.45) is 6.39. The third-order valence-corrected chi connectivity index (χ3v) is 6.22. The number of carbonyl (C=O) groups excluding carboxylic acids is 1. The number of piperidine rings is 1. The molecule has 25 heavy (non-hydrogen) atoms. The number of nitrogens with zero attached hydrogens (tertiary/aromatic N) is 3. The molecular weight excluding hydrogens is 310 g/mol. The molecule has 2 aliphatic rings. The molecule has 1 aromatic heterocycles.